The molecule has 0 aromatic carbocycles. The van der Waals surface area contributed by atoms with E-state index in [2.05, 4.69) is 20.0 Å². The van der Waals surface area contributed by atoms with Crippen molar-refractivity contribution in [2.45, 2.75) is 33.4 Å². The molecular weight excluding hydrogens is 322 g/mol. The third-order valence-electron chi connectivity index (χ3n) is 4.80. The molecule has 1 fully saturated rings. The van der Waals surface area contributed by atoms with Crippen molar-refractivity contribution in [3.63, 3.8) is 0 Å². The Kier molecular flexibility index (Phi) is 4.12. The van der Waals surface area contributed by atoms with Gasteiger partial charge in [0.05, 0.1) is 37.6 Å². The molecule has 8 heteroatoms. The lowest BCUT2D eigenvalue weighted by molar-refractivity contribution is -0.131. The number of aryl methyl sites for hydroxylation is 2. The fraction of sp³-hybridized carbons (Fsp3) is 0.529. The Hall–Kier alpha value is -2.48. The summed E-state index contributed by atoms with van der Waals surface area (Å²) in [7, 11) is 0. The molecular formula is C17H21N5O3. The minimum atomic E-state index is 0.0559. The van der Waals surface area contributed by atoms with Crippen molar-refractivity contribution in [1.82, 2.24) is 20.0 Å². The third kappa shape index (κ3) is 3.09. The van der Waals surface area contributed by atoms with Crippen LogP contribution < -0.4 is 4.90 Å². The van der Waals surface area contributed by atoms with Crippen LogP contribution in [0.15, 0.2) is 10.7 Å². The van der Waals surface area contributed by atoms with E-state index in [9.17, 15) is 4.79 Å². The van der Waals surface area contributed by atoms with Gasteiger partial charge in [-0.25, -0.2) is 9.97 Å². The summed E-state index contributed by atoms with van der Waals surface area (Å²) in [5.41, 5.74) is 3.60. The lowest BCUT2D eigenvalue weighted by Crippen LogP contribution is -2.37. The summed E-state index contributed by atoms with van der Waals surface area (Å²) in [4.78, 5) is 25.7. The van der Waals surface area contributed by atoms with Gasteiger partial charge < -0.3 is 19.1 Å². The van der Waals surface area contributed by atoms with Crippen LogP contribution in [0.25, 0.3) is 0 Å². The first kappa shape index (κ1) is 16.0. The number of fused-ring (bicyclic) bond motifs is 1. The molecule has 0 spiro atoms. The molecule has 0 saturated carbocycles. The fourth-order valence-electron chi connectivity index (χ4n) is 3.25. The van der Waals surface area contributed by atoms with E-state index >= 15 is 0 Å². The van der Waals surface area contributed by atoms with Gasteiger partial charge in [-0.15, -0.1) is 0 Å². The van der Waals surface area contributed by atoms with Crippen LogP contribution in [-0.4, -0.2) is 52.2 Å². The summed E-state index contributed by atoms with van der Waals surface area (Å²) in [5, 5.41) is 3.91. The number of morpholine rings is 1. The molecule has 132 valence electrons. The first-order chi connectivity index (χ1) is 12.1. The molecule has 0 unspecified atom stereocenters. The SMILES string of the molecule is Cc1noc(C)c1CC(=O)N1Cc2cnc(N3CCOCC3)nc2C1. The van der Waals surface area contributed by atoms with E-state index in [-0.39, 0.29) is 5.91 Å². The Bertz CT molecular complexity index is 778. The van der Waals surface area contributed by atoms with Gasteiger partial charge in [-0.05, 0) is 13.8 Å². The summed E-state index contributed by atoms with van der Waals surface area (Å²) in [6, 6.07) is 0. The Labute approximate surface area is 145 Å². The molecule has 25 heavy (non-hydrogen) atoms. The highest BCUT2D eigenvalue weighted by atomic mass is 16.5. The van der Waals surface area contributed by atoms with Gasteiger partial charge in [0.15, 0.2) is 0 Å². The minimum absolute atomic E-state index is 0.0559. The van der Waals surface area contributed by atoms with Crippen LogP contribution in [0.2, 0.25) is 0 Å². The van der Waals surface area contributed by atoms with Crippen LogP contribution in [0.5, 0.6) is 0 Å². The van der Waals surface area contributed by atoms with Crippen LogP contribution in [0.1, 0.15) is 28.3 Å². The normalized spacial score (nSPS) is 17.0. The number of amides is 1. The van der Waals surface area contributed by atoms with Crippen molar-refractivity contribution in [2.24, 2.45) is 0 Å². The number of rotatable bonds is 3. The van der Waals surface area contributed by atoms with E-state index in [1.54, 1.807) is 0 Å². The maximum absolute atomic E-state index is 12.7. The maximum atomic E-state index is 12.7. The van der Waals surface area contributed by atoms with Crippen molar-refractivity contribution < 1.29 is 14.1 Å². The van der Waals surface area contributed by atoms with Crippen molar-refractivity contribution in [3.8, 4) is 0 Å². The van der Waals surface area contributed by atoms with Gasteiger partial charge >= 0.3 is 0 Å². The van der Waals surface area contributed by atoms with Crippen LogP contribution in [0.4, 0.5) is 5.95 Å². The van der Waals surface area contributed by atoms with Crippen LogP contribution >= 0.6 is 0 Å². The number of nitrogens with zero attached hydrogens (tertiary/aromatic N) is 5. The molecule has 2 aliphatic rings. The molecule has 2 aromatic heterocycles. The largest absolute Gasteiger partial charge is 0.378 e. The molecule has 4 rings (SSSR count). The van der Waals surface area contributed by atoms with Gasteiger partial charge in [-0.2, -0.15) is 0 Å². The van der Waals surface area contributed by atoms with E-state index in [1.807, 2.05) is 24.9 Å². The highest BCUT2D eigenvalue weighted by Crippen LogP contribution is 2.24. The second kappa shape index (κ2) is 6.44. The molecule has 0 atom stereocenters. The lowest BCUT2D eigenvalue weighted by Gasteiger charge is -2.26. The monoisotopic (exact) mass is 343 g/mol. The van der Waals surface area contributed by atoms with Crippen molar-refractivity contribution in [3.05, 3.63) is 34.5 Å². The second-order valence-corrected chi connectivity index (χ2v) is 6.47. The zero-order chi connectivity index (χ0) is 17.4. The minimum Gasteiger partial charge on any atom is -0.378 e. The van der Waals surface area contributed by atoms with Gasteiger partial charge in [0.25, 0.3) is 0 Å². The third-order valence-corrected chi connectivity index (χ3v) is 4.80. The van der Waals surface area contributed by atoms with Crippen LogP contribution in [0, 0.1) is 13.8 Å². The molecule has 1 amide bonds. The number of anilines is 1. The van der Waals surface area contributed by atoms with Crippen LogP contribution in [0.3, 0.4) is 0 Å². The van der Waals surface area contributed by atoms with Crippen LogP contribution in [-0.2, 0) is 29.0 Å². The maximum Gasteiger partial charge on any atom is 0.227 e. The zero-order valence-corrected chi connectivity index (χ0v) is 14.5. The fourth-order valence-corrected chi connectivity index (χ4v) is 3.25. The van der Waals surface area contributed by atoms with E-state index in [4.69, 9.17) is 9.26 Å². The molecule has 0 radical (unpaired) electrons. The predicted octanol–water partition coefficient (Wildman–Crippen LogP) is 1.00. The topological polar surface area (TPSA) is 84.6 Å². The van der Waals surface area contributed by atoms with Gasteiger partial charge in [0.2, 0.25) is 11.9 Å². The van der Waals surface area contributed by atoms with Gasteiger partial charge in [-0.1, -0.05) is 5.16 Å². The Balaban J connectivity index is 1.46. The quantitative estimate of drug-likeness (QED) is 0.822. The van der Waals surface area contributed by atoms with Gasteiger partial charge in [0, 0.05) is 37.0 Å². The summed E-state index contributed by atoms with van der Waals surface area (Å²) in [6.45, 7) is 7.77. The number of hydrogen-bond donors (Lipinski definition) is 0. The average molecular weight is 343 g/mol. The number of carbonyl (C=O) groups excluding carboxylic acids is 1. The van der Waals surface area contributed by atoms with E-state index < -0.39 is 0 Å². The molecule has 8 nitrogen and oxygen atoms in total. The summed E-state index contributed by atoms with van der Waals surface area (Å²) >= 11 is 0. The summed E-state index contributed by atoms with van der Waals surface area (Å²) < 4.78 is 10.5. The van der Waals surface area contributed by atoms with Crippen molar-refractivity contribution in [2.75, 3.05) is 31.2 Å². The average Bonchev–Trinajstić information content (AvgIpc) is 3.20. The molecule has 0 N–H and O–H groups in total. The number of hydrogen-bond acceptors (Lipinski definition) is 7. The number of aromatic nitrogens is 3. The smallest absolute Gasteiger partial charge is 0.227 e. The zero-order valence-electron chi connectivity index (χ0n) is 14.5. The number of ether oxygens (including phenoxy) is 1. The van der Waals surface area contributed by atoms with Crippen molar-refractivity contribution >= 4 is 11.9 Å². The van der Waals surface area contributed by atoms with Crippen molar-refractivity contribution in [1.29, 1.82) is 0 Å². The molecule has 4 heterocycles. The predicted molar refractivity (Wildman–Crippen MR) is 89.0 cm³/mol. The lowest BCUT2D eigenvalue weighted by atomic mass is 10.1. The van der Waals surface area contributed by atoms with Gasteiger partial charge in [-0.3, -0.25) is 4.79 Å². The Morgan fingerprint density at radius 3 is 2.76 bits per heavy atom. The first-order valence-corrected chi connectivity index (χ1v) is 8.49. The Morgan fingerprint density at radius 2 is 2.04 bits per heavy atom. The molecule has 0 bridgehead atoms. The highest BCUT2D eigenvalue weighted by Gasteiger charge is 2.27. The molecule has 0 aliphatic carbocycles. The first-order valence-electron chi connectivity index (χ1n) is 8.49. The Morgan fingerprint density at radius 1 is 1.24 bits per heavy atom. The summed E-state index contributed by atoms with van der Waals surface area (Å²) in [5.74, 6) is 1.49. The molecule has 2 aromatic rings. The van der Waals surface area contributed by atoms with Gasteiger partial charge in [0.1, 0.15) is 5.76 Å². The highest BCUT2D eigenvalue weighted by molar-refractivity contribution is 5.79. The standard InChI is InChI=1S/C17H21N5O3/c1-11-14(12(2)25-20-11)7-16(23)22-9-13-8-18-17(19-15(13)10-22)21-3-5-24-6-4-21/h8H,3-7,9-10H2,1-2H3. The van der Waals surface area contributed by atoms with E-state index in [1.165, 1.54) is 0 Å². The molecule has 2 aliphatic heterocycles. The molecule has 1 saturated heterocycles. The summed E-state index contributed by atoms with van der Waals surface area (Å²) in [6.07, 6.45) is 2.15. The number of carbonyl (C=O) groups is 1. The van der Waals surface area contributed by atoms with E-state index in [0.717, 1.165) is 41.6 Å². The second-order valence-electron chi connectivity index (χ2n) is 6.47. The van der Waals surface area contributed by atoms with E-state index in [0.29, 0.717) is 38.5 Å².